The Hall–Kier alpha value is -0.250. The van der Waals surface area contributed by atoms with Crippen molar-refractivity contribution in [1.29, 1.82) is 0 Å². The molecule has 0 saturated heterocycles. The molecule has 0 heterocycles. The summed E-state index contributed by atoms with van der Waals surface area (Å²) in [5.41, 5.74) is 1.42. The summed E-state index contributed by atoms with van der Waals surface area (Å²) in [6.07, 6.45) is 2.30. The minimum atomic E-state index is 1.12. The van der Waals surface area contributed by atoms with E-state index >= 15 is 0 Å². The van der Waals surface area contributed by atoms with Gasteiger partial charge in [-0.25, -0.2) is 0 Å². The second kappa shape index (κ2) is 6.78. The van der Waals surface area contributed by atoms with Crippen molar-refractivity contribution in [3.8, 4) is 0 Å². The fraction of sp³-hybridized carbons (Fsp3) is 0.200. The third-order valence-electron chi connectivity index (χ3n) is 2.57. The van der Waals surface area contributed by atoms with Gasteiger partial charge in [-0.1, -0.05) is 69.1 Å². The monoisotopic (exact) mass is 384 g/mol. The van der Waals surface area contributed by atoms with Gasteiger partial charge < -0.3 is 0 Å². The number of hydrogen-bond donors (Lipinski definition) is 0. The summed E-state index contributed by atoms with van der Waals surface area (Å²) in [6.45, 7) is 2.22. The maximum atomic E-state index is 3.55. The first-order valence-corrected chi connectivity index (χ1v) is 8.31. The van der Waals surface area contributed by atoms with Crippen molar-refractivity contribution in [3.63, 3.8) is 0 Å². The molecule has 0 amide bonds. The smallest absolute Gasteiger partial charge is 0.0186 e. The van der Waals surface area contributed by atoms with Crippen LogP contribution in [0.15, 0.2) is 61.2 Å². The van der Waals surface area contributed by atoms with Gasteiger partial charge in [0.2, 0.25) is 0 Å². The predicted molar refractivity (Wildman–Crippen MR) is 86.4 cm³/mol. The molecule has 0 aromatic heterocycles. The molecule has 0 N–H and O–H groups in total. The minimum absolute atomic E-state index is 1.12. The van der Waals surface area contributed by atoms with Gasteiger partial charge in [0.25, 0.3) is 0 Å². The number of hydrogen-bond acceptors (Lipinski definition) is 1. The van der Waals surface area contributed by atoms with Crippen LogP contribution in [-0.2, 0) is 6.42 Å². The zero-order valence-corrected chi connectivity index (χ0v) is 14.1. The molecule has 94 valence electrons. The quantitative estimate of drug-likeness (QED) is 0.593. The van der Waals surface area contributed by atoms with Gasteiger partial charge in [0, 0.05) is 18.7 Å². The Bertz CT molecular complexity index is 538. The van der Waals surface area contributed by atoms with Crippen molar-refractivity contribution in [2.45, 2.75) is 29.6 Å². The zero-order valence-electron chi connectivity index (χ0n) is 10.1. The Balaban J connectivity index is 2.29. The van der Waals surface area contributed by atoms with E-state index in [1.165, 1.54) is 21.8 Å². The summed E-state index contributed by atoms with van der Waals surface area (Å²) in [7, 11) is 0. The van der Waals surface area contributed by atoms with E-state index in [0.717, 1.165) is 15.4 Å². The molecule has 2 aromatic rings. The van der Waals surface area contributed by atoms with Crippen molar-refractivity contribution in [2.24, 2.45) is 0 Å². The van der Waals surface area contributed by atoms with Crippen LogP contribution >= 0.6 is 43.6 Å². The van der Waals surface area contributed by atoms with E-state index in [1.54, 1.807) is 0 Å². The van der Waals surface area contributed by atoms with Crippen molar-refractivity contribution >= 4 is 43.6 Å². The minimum Gasteiger partial charge on any atom is -0.0897 e. The van der Waals surface area contributed by atoms with Crippen LogP contribution in [0.2, 0.25) is 0 Å². The standard InChI is InChI=1S/C15H14Br2S/c1-2-4-11-7-8-13(17)10-15(11)18-14-6-3-5-12(16)9-14/h3,5-10H,2,4H2,1H3. The second-order valence-corrected chi connectivity index (χ2v) is 7.01. The van der Waals surface area contributed by atoms with E-state index in [2.05, 4.69) is 81.2 Å². The van der Waals surface area contributed by atoms with Crippen LogP contribution in [0.1, 0.15) is 18.9 Å². The Morgan fingerprint density at radius 1 is 1.00 bits per heavy atom. The molecular formula is C15H14Br2S. The fourth-order valence-electron chi connectivity index (χ4n) is 1.76. The van der Waals surface area contributed by atoms with Gasteiger partial charge in [-0.05, 0) is 42.3 Å². The van der Waals surface area contributed by atoms with Crippen LogP contribution in [0.25, 0.3) is 0 Å². The van der Waals surface area contributed by atoms with Gasteiger partial charge in [0.05, 0.1) is 0 Å². The first-order valence-electron chi connectivity index (χ1n) is 5.91. The maximum absolute atomic E-state index is 3.55. The summed E-state index contributed by atoms with van der Waals surface area (Å²) in [6, 6.07) is 15.0. The van der Waals surface area contributed by atoms with Gasteiger partial charge in [-0.15, -0.1) is 0 Å². The highest BCUT2D eigenvalue weighted by Crippen LogP contribution is 2.34. The molecule has 0 aliphatic rings. The molecule has 0 bridgehead atoms. The van der Waals surface area contributed by atoms with Gasteiger partial charge in [-0.2, -0.15) is 0 Å². The molecule has 0 spiro atoms. The highest BCUT2D eigenvalue weighted by Gasteiger charge is 2.05. The molecule has 0 unspecified atom stereocenters. The average molecular weight is 386 g/mol. The van der Waals surface area contributed by atoms with Crippen molar-refractivity contribution in [1.82, 2.24) is 0 Å². The molecule has 0 aliphatic carbocycles. The highest BCUT2D eigenvalue weighted by atomic mass is 79.9. The Kier molecular flexibility index (Phi) is 5.34. The van der Waals surface area contributed by atoms with Gasteiger partial charge >= 0.3 is 0 Å². The summed E-state index contributed by atoms with van der Waals surface area (Å²) >= 11 is 8.89. The van der Waals surface area contributed by atoms with Crippen LogP contribution in [0.3, 0.4) is 0 Å². The first-order chi connectivity index (χ1) is 8.69. The third kappa shape index (κ3) is 3.87. The topological polar surface area (TPSA) is 0 Å². The van der Waals surface area contributed by atoms with Crippen molar-refractivity contribution < 1.29 is 0 Å². The van der Waals surface area contributed by atoms with Gasteiger partial charge in [0.1, 0.15) is 0 Å². The molecule has 0 saturated carbocycles. The lowest BCUT2D eigenvalue weighted by atomic mass is 10.1. The number of halogens is 2. The van der Waals surface area contributed by atoms with E-state index in [1.807, 2.05) is 11.8 Å². The van der Waals surface area contributed by atoms with Crippen LogP contribution < -0.4 is 0 Å². The van der Waals surface area contributed by atoms with E-state index in [4.69, 9.17) is 0 Å². The highest BCUT2D eigenvalue weighted by molar-refractivity contribution is 9.10. The molecule has 0 aliphatic heterocycles. The maximum Gasteiger partial charge on any atom is 0.0186 e. The summed E-state index contributed by atoms with van der Waals surface area (Å²) in [5.74, 6) is 0. The number of aryl methyl sites for hydroxylation is 1. The molecule has 3 heteroatoms. The van der Waals surface area contributed by atoms with Crippen molar-refractivity contribution in [3.05, 3.63) is 57.0 Å². The molecule has 0 fully saturated rings. The molecule has 0 nitrogen and oxygen atoms in total. The van der Waals surface area contributed by atoms with Crippen LogP contribution in [-0.4, -0.2) is 0 Å². The Morgan fingerprint density at radius 3 is 2.50 bits per heavy atom. The summed E-state index contributed by atoms with van der Waals surface area (Å²) < 4.78 is 2.26. The second-order valence-electron chi connectivity index (χ2n) is 4.06. The third-order valence-corrected chi connectivity index (χ3v) is 4.65. The molecule has 2 rings (SSSR count). The number of benzene rings is 2. The van der Waals surface area contributed by atoms with E-state index in [0.29, 0.717) is 0 Å². The fourth-order valence-corrected chi connectivity index (χ4v) is 3.89. The van der Waals surface area contributed by atoms with Gasteiger partial charge in [-0.3, -0.25) is 0 Å². The van der Waals surface area contributed by atoms with Crippen LogP contribution in [0, 0.1) is 0 Å². The summed E-state index contributed by atoms with van der Waals surface area (Å²) in [4.78, 5) is 2.60. The van der Waals surface area contributed by atoms with Crippen LogP contribution in [0.5, 0.6) is 0 Å². The van der Waals surface area contributed by atoms with E-state index in [-0.39, 0.29) is 0 Å². The Labute approximate surface area is 129 Å². The Morgan fingerprint density at radius 2 is 1.78 bits per heavy atom. The van der Waals surface area contributed by atoms with E-state index < -0.39 is 0 Å². The molecule has 18 heavy (non-hydrogen) atoms. The molecular weight excluding hydrogens is 372 g/mol. The van der Waals surface area contributed by atoms with Crippen LogP contribution in [0.4, 0.5) is 0 Å². The lowest BCUT2D eigenvalue weighted by Gasteiger charge is -2.09. The predicted octanol–water partition coefficient (Wildman–Crippen LogP) is 6.32. The average Bonchev–Trinajstić information content (AvgIpc) is 2.33. The zero-order chi connectivity index (χ0) is 13.0. The molecule has 0 atom stereocenters. The normalized spacial score (nSPS) is 10.6. The largest absolute Gasteiger partial charge is 0.0897 e. The first kappa shape index (κ1) is 14.2. The van der Waals surface area contributed by atoms with E-state index in [9.17, 15) is 0 Å². The SMILES string of the molecule is CCCc1ccc(Br)cc1Sc1cccc(Br)c1. The molecule has 2 aromatic carbocycles. The lowest BCUT2D eigenvalue weighted by Crippen LogP contribution is -1.87. The summed E-state index contributed by atoms with van der Waals surface area (Å²) in [5, 5.41) is 0. The van der Waals surface area contributed by atoms with Crippen molar-refractivity contribution in [2.75, 3.05) is 0 Å². The molecule has 0 radical (unpaired) electrons. The lowest BCUT2D eigenvalue weighted by molar-refractivity contribution is 0.900. The number of rotatable bonds is 4. The van der Waals surface area contributed by atoms with Gasteiger partial charge in [0.15, 0.2) is 0 Å².